The van der Waals surface area contributed by atoms with Crippen LogP contribution < -0.4 is 5.32 Å². The molecular formula is C16H14Cl2FN. The van der Waals surface area contributed by atoms with Crippen molar-refractivity contribution in [3.63, 3.8) is 0 Å². The first-order valence-electron chi connectivity index (χ1n) is 6.60. The van der Waals surface area contributed by atoms with E-state index in [1.54, 1.807) is 12.1 Å². The van der Waals surface area contributed by atoms with Crippen molar-refractivity contribution in [2.45, 2.75) is 18.9 Å². The lowest BCUT2D eigenvalue weighted by atomic mass is 10.0. The fourth-order valence-corrected chi connectivity index (χ4v) is 2.65. The van der Waals surface area contributed by atoms with E-state index in [1.165, 1.54) is 6.07 Å². The second-order valence-corrected chi connectivity index (χ2v) is 6.01. The number of anilines is 1. The first-order chi connectivity index (χ1) is 9.63. The summed E-state index contributed by atoms with van der Waals surface area (Å²) < 4.78 is 13.9. The van der Waals surface area contributed by atoms with Crippen molar-refractivity contribution in [1.29, 1.82) is 0 Å². The molecule has 3 rings (SSSR count). The van der Waals surface area contributed by atoms with Crippen molar-refractivity contribution in [2.75, 3.05) is 5.32 Å². The smallest absolute Gasteiger partial charge is 0.146 e. The first-order valence-corrected chi connectivity index (χ1v) is 7.36. The Morgan fingerprint density at radius 2 is 1.65 bits per heavy atom. The third-order valence-electron chi connectivity index (χ3n) is 3.56. The molecule has 0 aliphatic heterocycles. The van der Waals surface area contributed by atoms with Crippen LogP contribution in [0.2, 0.25) is 10.0 Å². The molecule has 0 bridgehead atoms. The number of rotatable bonds is 4. The summed E-state index contributed by atoms with van der Waals surface area (Å²) >= 11 is 11.9. The summed E-state index contributed by atoms with van der Waals surface area (Å²) in [4.78, 5) is 0. The van der Waals surface area contributed by atoms with Gasteiger partial charge < -0.3 is 5.32 Å². The highest BCUT2D eigenvalue weighted by Gasteiger charge is 2.32. The molecule has 1 atom stereocenters. The molecule has 1 fully saturated rings. The molecule has 2 aromatic rings. The predicted molar refractivity (Wildman–Crippen MR) is 81.9 cm³/mol. The van der Waals surface area contributed by atoms with Gasteiger partial charge in [-0.25, -0.2) is 4.39 Å². The highest BCUT2D eigenvalue weighted by Crippen LogP contribution is 2.43. The number of nitrogens with one attached hydrogen (secondary N) is 1. The molecule has 20 heavy (non-hydrogen) atoms. The predicted octanol–water partition coefficient (Wildman–Crippen LogP) is 5.70. The van der Waals surface area contributed by atoms with Crippen molar-refractivity contribution in [3.05, 3.63) is 63.9 Å². The minimum atomic E-state index is -0.283. The van der Waals surface area contributed by atoms with Gasteiger partial charge in [0, 0.05) is 10.0 Å². The number of benzene rings is 2. The van der Waals surface area contributed by atoms with E-state index >= 15 is 0 Å². The average molecular weight is 310 g/mol. The van der Waals surface area contributed by atoms with Gasteiger partial charge in [-0.3, -0.25) is 0 Å². The quantitative estimate of drug-likeness (QED) is 0.764. The lowest BCUT2D eigenvalue weighted by Crippen LogP contribution is -2.13. The average Bonchev–Trinajstić information content (AvgIpc) is 3.25. The summed E-state index contributed by atoms with van der Waals surface area (Å²) in [5.41, 5.74) is 1.57. The van der Waals surface area contributed by atoms with Gasteiger partial charge in [-0.15, -0.1) is 0 Å². The number of halogens is 3. The van der Waals surface area contributed by atoms with Gasteiger partial charge in [-0.05, 0) is 54.7 Å². The summed E-state index contributed by atoms with van der Waals surface area (Å²) in [6.45, 7) is 0. The summed E-state index contributed by atoms with van der Waals surface area (Å²) in [5.74, 6) is 0.253. The van der Waals surface area contributed by atoms with Gasteiger partial charge in [0.05, 0.1) is 11.7 Å². The molecule has 1 aliphatic carbocycles. The van der Waals surface area contributed by atoms with Crippen molar-refractivity contribution in [1.82, 2.24) is 0 Å². The number of hydrogen-bond acceptors (Lipinski definition) is 1. The molecule has 0 radical (unpaired) electrons. The number of hydrogen-bond donors (Lipinski definition) is 1. The fraction of sp³-hybridized carbons (Fsp3) is 0.250. The summed E-state index contributed by atoms with van der Waals surface area (Å²) in [5, 5.41) is 4.52. The Labute approximate surface area is 127 Å². The fourth-order valence-electron chi connectivity index (χ4n) is 2.35. The van der Waals surface area contributed by atoms with Crippen LogP contribution in [0.3, 0.4) is 0 Å². The molecule has 0 amide bonds. The second kappa shape index (κ2) is 5.63. The minimum Gasteiger partial charge on any atom is -0.376 e. The van der Waals surface area contributed by atoms with E-state index in [1.807, 2.05) is 24.3 Å². The molecule has 0 spiro atoms. The zero-order chi connectivity index (χ0) is 14.1. The van der Waals surface area contributed by atoms with Gasteiger partial charge in [0.15, 0.2) is 0 Å². The Kier molecular flexibility index (Phi) is 3.86. The van der Waals surface area contributed by atoms with E-state index in [4.69, 9.17) is 23.2 Å². The van der Waals surface area contributed by atoms with Crippen LogP contribution in [0.1, 0.15) is 24.4 Å². The second-order valence-electron chi connectivity index (χ2n) is 5.14. The van der Waals surface area contributed by atoms with E-state index in [0.717, 1.165) is 18.4 Å². The molecule has 1 saturated carbocycles. The lowest BCUT2D eigenvalue weighted by Gasteiger charge is -2.20. The summed E-state index contributed by atoms with van der Waals surface area (Å²) in [6, 6.07) is 12.4. The molecule has 0 saturated heterocycles. The van der Waals surface area contributed by atoms with E-state index in [-0.39, 0.29) is 11.9 Å². The Morgan fingerprint density at radius 3 is 2.30 bits per heavy atom. The third-order valence-corrected chi connectivity index (χ3v) is 4.05. The van der Waals surface area contributed by atoms with Crippen LogP contribution in [-0.2, 0) is 0 Å². The molecule has 4 heteroatoms. The van der Waals surface area contributed by atoms with Gasteiger partial charge in [0.1, 0.15) is 5.82 Å². The molecule has 1 aliphatic rings. The largest absolute Gasteiger partial charge is 0.376 e. The topological polar surface area (TPSA) is 12.0 Å². The Morgan fingerprint density at radius 1 is 1.00 bits per heavy atom. The van der Waals surface area contributed by atoms with Crippen LogP contribution in [0.4, 0.5) is 10.1 Å². The maximum Gasteiger partial charge on any atom is 0.146 e. The SMILES string of the molecule is Fc1ccc(Cl)cc1NC(c1ccc(Cl)cc1)C1CC1. The van der Waals surface area contributed by atoms with Gasteiger partial charge in [-0.2, -0.15) is 0 Å². The maximum absolute atomic E-state index is 13.9. The third kappa shape index (κ3) is 3.08. The Hall–Kier alpha value is -1.25. The van der Waals surface area contributed by atoms with Crippen LogP contribution in [0, 0.1) is 11.7 Å². The van der Waals surface area contributed by atoms with E-state index < -0.39 is 0 Å². The van der Waals surface area contributed by atoms with Crippen LogP contribution >= 0.6 is 23.2 Å². The molecule has 2 aromatic carbocycles. The Bertz CT molecular complexity index is 608. The van der Waals surface area contributed by atoms with E-state index in [2.05, 4.69) is 5.32 Å². The zero-order valence-electron chi connectivity index (χ0n) is 10.7. The molecule has 1 unspecified atom stereocenters. The highest BCUT2D eigenvalue weighted by atomic mass is 35.5. The maximum atomic E-state index is 13.9. The van der Waals surface area contributed by atoms with Crippen molar-refractivity contribution in [3.8, 4) is 0 Å². The van der Waals surface area contributed by atoms with Crippen LogP contribution in [0.25, 0.3) is 0 Å². The molecule has 0 heterocycles. The van der Waals surface area contributed by atoms with E-state index in [9.17, 15) is 4.39 Å². The van der Waals surface area contributed by atoms with Gasteiger partial charge in [0.2, 0.25) is 0 Å². The van der Waals surface area contributed by atoms with Crippen LogP contribution in [0.5, 0.6) is 0 Å². The van der Waals surface area contributed by atoms with Crippen LogP contribution in [-0.4, -0.2) is 0 Å². The molecule has 0 aromatic heterocycles. The van der Waals surface area contributed by atoms with Gasteiger partial charge in [-0.1, -0.05) is 35.3 Å². The molecule has 1 nitrogen and oxygen atoms in total. The van der Waals surface area contributed by atoms with Crippen molar-refractivity contribution in [2.24, 2.45) is 5.92 Å². The van der Waals surface area contributed by atoms with Crippen LogP contribution in [0.15, 0.2) is 42.5 Å². The molecule has 104 valence electrons. The lowest BCUT2D eigenvalue weighted by molar-refractivity contribution is 0.616. The Balaban J connectivity index is 1.88. The van der Waals surface area contributed by atoms with Gasteiger partial charge in [0.25, 0.3) is 0 Å². The molecule has 1 N–H and O–H groups in total. The highest BCUT2D eigenvalue weighted by molar-refractivity contribution is 6.31. The monoisotopic (exact) mass is 309 g/mol. The van der Waals surface area contributed by atoms with Crippen molar-refractivity contribution >= 4 is 28.9 Å². The normalized spacial score (nSPS) is 15.9. The summed E-state index contributed by atoms with van der Waals surface area (Å²) in [7, 11) is 0. The van der Waals surface area contributed by atoms with E-state index in [0.29, 0.717) is 21.7 Å². The zero-order valence-corrected chi connectivity index (χ0v) is 12.3. The molecular weight excluding hydrogens is 296 g/mol. The van der Waals surface area contributed by atoms with Crippen molar-refractivity contribution < 1.29 is 4.39 Å². The standard InChI is InChI=1S/C16H14Cl2FN/c17-12-5-3-11(4-6-12)16(10-1-2-10)20-15-9-13(18)7-8-14(15)19/h3-10,16,20H,1-2H2. The van der Waals surface area contributed by atoms with Gasteiger partial charge >= 0.3 is 0 Å². The minimum absolute atomic E-state index is 0.0974. The summed E-state index contributed by atoms with van der Waals surface area (Å²) in [6.07, 6.45) is 2.31. The first kappa shape index (κ1) is 13.7.